The molecule has 0 aliphatic rings. The summed E-state index contributed by atoms with van der Waals surface area (Å²) in [4.78, 5) is 0. The predicted molar refractivity (Wildman–Crippen MR) is 75.3 cm³/mol. The van der Waals surface area contributed by atoms with Gasteiger partial charge in [-0.05, 0) is 35.4 Å². The van der Waals surface area contributed by atoms with Crippen molar-refractivity contribution in [2.45, 2.75) is 32.7 Å². The maximum atomic E-state index is 3.56. The van der Waals surface area contributed by atoms with Gasteiger partial charge in [0, 0.05) is 6.04 Å². The largest absolute Gasteiger partial charge is 0.310 e. The fraction of sp³-hybridized carbons (Fsp3) is 0.375. The summed E-state index contributed by atoms with van der Waals surface area (Å²) >= 11 is 0. The van der Waals surface area contributed by atoms with E-state index >= 15 is 0 Å². The molecule has 2 rings (SSSR count). The number of rotatable bonds is 5. The second kappa shape index (κ2) is 5.83. The highest BCUT2D eigenvalue weighted by Crippen LogP contribution is 2.23. The normalized spacial score (nSPS) is 12.8. The fourth-order valence-electron chi connectivity index (χ4n) is 2.35. The fourth-order valence-corrected chi connectivity index (χ4v) is 2.35. The third-order valence-electron chi connectivity index (χ3n) is 3.20. The van der Waals surface area contributed by atoms with Gasteiger partial charge in [-0.15, -0.1) is 0 Å². The minimum absolute atomic E-state index is 0.495. The maximum Gasteiger partial charge on any atom is 0.0320 e. The van der Waals surface area contributed by atoms with Crippen molar-refractivity contribution in [1.29, 1.82) is 0 Å². The molecule has 1 N–H and O–H groups in total. The molecule has 0 amide bonds. The predicted octanol–water partition coefficient (Wildman–Crippen LogP) is 4.29. The van der Waals surface area contributed by atoms with E-state index in [0.29, 0.717) is 6.04 Å². The van der Waals surface area contributed by atoms with Crippen LogP contribution in [0.25, 0.3) is 10.8 Å². The van der Waals surface area contributed by atoms with Crippen molar-refractivity contribution in [3.8, 4) is 0 Å². The zero-order valence-electron chi connectivity index (χ0n) is 10.7. The summed E-state index contributed by atoms with van der Waals surface area (Å²) in [6.45, 7) is 5.44. The molecule has 0 saturated heterocycles. The van der Waals surface area contributed by atoms with Gasteiger partial charge < -0.3 is 5.32 Å². The van der Waals surface area contributed by atoms with E-state index in [0.717, 1.165) is 6.54 Å². The van der Waals surface area contributed by atoms with E-state index in [4.69, 9.17) is 0 Å². The highest BCUT2D eigenvalue weighted by atomic mass is 14.9. The van der Waals surface area contributed by atoms with Crippen molar-refractivity contribution in [3.05, 3.63) is 48.0 Å². The topological polar surface area (TPSA) is 12.0 Å². The van der Waals surface area contributed by atoms with Crippen LogP contribution in [0.15, 0.2) is 42.5 Å². The van der Waals surface area contributed by atoms with Gasteiger partial charge in [-0.1, -0.05) is 56.7 Å². The molecular weight excluding hydrogens is 206 g/mol. The molecule has 2 aromatic carbocycles. The standard InChI is InChI=1S/C16H21N/c1-3-7-16(17-4-2)15-11-10-13-8-5-6-9-14(13)12-15/h5-6,8-12,16-17H,3-4,7H2,1-2H3. The van der Waals surface area contributed by atoms with Gasteiger partial charge in [0.15, 0.2) is 0 Å². The summed E-state index contributed by atoms with van der Waals surface area (Å²) in [7, 11) is 0. The highest BCUT2D eigenvalue weighted by molar-refractivity contribution is 5.83. The lowest BCUT2D eigenvalue weighted by Crippen LogP contribution is -2.20. The van der Waals surface area contributed by atoms with Crippen molar-refractivity contribution in [1.82, 2.24) is 5.32 Å². The molecular formula is C16H21N. The van der Waals surface area contributed by atoms with Gasteiger partial charge in [0.1, 0.15) is 0 Å². The third-order valence-corrected chi connectivity index (χ3v) is 3.20. The molecule has 1 nitrogen and oxygen atoms in total. The Hall–Kier alpha value is -1.34. The Morgan fingerprint density at radius 1 is 1.00 bits per heavy atom. The van der Waals surface area contributed by atoms with Crippen LogP contribution in [-0.4, -0.2) is 6.54 Å². The molecule has 0 spiro atoms. The van der Waals surface area contributed by atoms with Crippen LogP contribution >= 0.6 is 0 Å². The van der Waals surface area contributed by atoms with Gasteiger partial charge in [-0.25, -0.2) is 0 Å². The van der Waals surface area contributed by atoms with Crippen LogP contribution in [0.2, 0.25) is 0 Å². The van der Waals surface area contributed by atoms with E-state index in [2.05, 4.69) is 61.6 Å². The lowest BCUT2D eigenvalue weighted by atomic mass is 9.99. The summed E-state index contributed by atoms with van der Waals surface area (Å²) < 4.78 is 0. The Bertz CT molecular complexity index is 470. The quantitative estimate of drug-likeness (QED) is 0.803. The summed E-state index contributed by atoms with van der Waals surface area (Å²) in [6.07, 6.45) is 2.41. The number of hydrogen-bond donors (Lipinski definition) is 1. The summed E-state index contributed by atoms with van der Waals surface area (Å²) in [5.74, 6) is 0. The molecule has 1 heteroatoms. The Labute approximate surface area is 104 Å². The lowest BCUT2D eigenvalue weighted by Gasteiger charge is -2.18. The lowest BCUT2D eigenvalue weighted by molar-refractivity contribution is 0.510. The smallest absolute Gasteiger partial charge is 0.0320 e. The van der Waals surface area contributed by atoms with E-state index in [1.807, 2.05) is 0 Å². The monoisotopic (exact) mass is 227 g/mol. The molecule has 17 heavy (non-hydrogen) atoms. The zero-order chi connectivity index (χ0) is 12.1. The van der Waals surface area contributed by atoms with Gasteiger partial charge in [-0.2, -0.15) is 0 Å². The van der Waals surface area contributed by atoms with Crippen LogP contribution in [0, 0.1) is 0 Å². The molecule has 0 saturated carbocycles. The van der Waals surface area contributed by atoms with Crippen molar-refractivity contribution < 1.29 is 0 Å². The van der Waals surface area contributed by atoms with Crippen LogP contribution in [0.5, 0.6) is 0 Å². The first-order chi connectivity index (χ1) is 8.35. The van der Waals surface area contributed by atoms with E-state index < -0.39 is 0 Å². The molecule has 90 valence electrons. The first-order valence-corrected chi connectivity index (χ1v) is 6.57. The van der Waals surface area contributed by atoms with Gasteiger partial charge in [0.2, 0.25) is 0 Å². The molecule has 2 aromatic rings. The Morgan fingerprint density at radius 2 is 1.76 bits per heavy atom. The van der Waals surface area contributed by atoms with Gasteiger partial charge in [0.25, 0.3) is 0 Å². The maximum absolute atomic E-state index is 3.56. The first kappa shape index (κ1) is 12.1. The molecule has 0 bridgehead atoms. The molecule has 0 radical (unpaired) electrons. The SMILES string of the molecule is CCCC(NCC)c1ccc2ccccc2c1. The summed E-state index contributed by atoms with van der Waals surface area (Å²) in [6, 6.07) is 15.8. The third kappa shape index (κ3) is 2.86. The minimum Gasteiger partial charge on any atom is -0.310 e. The van der Waals surface area contributed by atoms with Gasteiger partial charge in [0.05, 0.1) is 0 Å². The Morgan fingerprint density at radius 3 is 2.47 bits per heavy atom. The van der Waals surface area contributed by atoms with E-state index in [-0.39, 0.29) is 0 Å². The van der Waals surface area contributed by atoms with Crippen molar-refractivity contribution in [2.75, 3.05) is 6.54 Å². The van der Waals surface area contributed by atoms with Crippen LogP contribution in [-0.2, 0) is 0 Å². The molecule has 1 unspecified atom stereocenters. The van der Waals surface area contributed by atoms with Crippen molar-refractivity contribution in [3.63, 3.8) is 0 Å². The van der Waals surface area contributed by atoms with Crippen molar-refractivity contribution in [2.24, 2.45) is 0 Å². The molecule has 0 aliphatic carbocycles. The Kier molecular flexibility index (Phi) is 4.16. The van der Waals surface area contributed by atoms with Crippen LogP contribution in [0.1, 0.15) is 38.3 Å². The molecule has 0 heterocycles. The summed E-state index contributed by atoms with van der Waals surface area (Å²) in [5, 5.41) is 6.22. The zero-order valence-corrected chi connectivity index (χ0v) is 10.7. The first-order valence-electron chi connectivity index (χ1n) is 6.57. The second-order valence-corrected chi connectivity index (χ2v) is 4.51. The number of nitrogens with one attached hydrogen (secondary N) is 1. The Balaban J connectivity index is 2.32. The summed E-state index contributed by atoms with van der Waals surface area (Å²) in [5.41, 5.74) is 1.41. The van der Waals surface area contributed by atoms with Crippen LogP contribution < -0.4 is 5.32 Å². The molecule has 0 aromatic heterocycles. The van der Waals surface area contributed by atoms with E-state index in [1.165, 1.54) is 29.2 Å². The highest BCUT2D eigenvalue weighted by Gasteiger charge is 2.09. The number of hydrogen-bond acceptors (Lipinski definition) is 1. The minimum atomic E-state index is 0.495. The van der Waals surface area contributed by atoms with E-state index in [9.17, 15) is 0 Å². The molecule has 1 atom stereocenters. The molecule has 0 aliphatic heterocycles. The van der Waals surface area contributed by atoms with Crippen LogP contribution in [0.3, 0.4) is 0 Å². The average molecular weight is 227 g/mol. The van der Waals surface area contributed by atoms with E-state index in [1.54, 1.807) is 0 Å². The average Bonchev–Trinajstić information content (AvgIpc) is 2.38. The van der Waals surface area contributed by atoms with Gasteiger partial charge in [-0.3, -0.25) is 0 Å². The van der Waals surface area contributed by atoms with Crippen LogP contribution in [0.4, 0.5) is 0 Å². The van der Waals surface area contributed by atoms with Gasteiger partial charge >= 0.3 is 0 Å². The second-order valence-electron chi connectivity index (χ2n) is 4.51. The van der Waals surface area contributed by atoms with Crippen molar-refractivity contribution >= 4 is 10.8 Å². The molecule has 0 fully saturated rings. The number of benzene rings is 2. The number of fused-ring (bicyclic) bond motifs is 1.